The lowest BCUT2D eigenvalue weighted by atomic mass is 10.1. The number of fused-ring (bicyclic) bond motifs is 1. The summed E-state index contributed by atoms with van der Waals surface area (Å²) < 4.78 is 64.1. The number of benzene rings is 2. The second kappa shape index (κ2) is 4.98. The lowest BCUT2D eigenvalue weighted by Crippen LogP contribution is -2.05. The molecular formula is C11H9NO8S2. The largest absolute Gasteiger partial charge is 0.295 e. The van der Waals surface area contributed by atoms with E-state index >= 15 is 0 Å². The average molecular weight is 347 g/mol. The van der Waals surface area contributed by atoms with E-state index < -0.39 is 40.6 Å². The van der Waals surface area contributed by atoms with Gasteiger partial charge < -0.3 is 0 Å². The quantitative estimate of drug-likeness (QED) is 0.482. The minimum atomic E-state index is -4.85. The van der Waals surface area contributed by atoms with Crippen LogP contribution < -0.4 is 0 Å². The summed E-state index contributed by atoms with van der Waals surface area (Å²) in [6.45, 7) is 1.43. The molecule has 118 valence electrons. The number of hydrogen-bond acceptors (Lipinski definition) is 6. The predicted molar refractivity (Wildman–Crippen MR) is 75.0 cm³/mol. The first-order chi connectivity index (χ1) is 9.91. The van der Waals surface area contributed by atoms with E-state index in [1.165, 1.54) is 13.0 Å². The van der Waals surface area contributed by atoms with Crippen molar-refractivity contribution in [3.63, 3.8) is 0 Å². The maximum atomic E-state index is 11.4. The lowest BCUT2D eigenvalue weighted by molar-refractivity contribution is -0.384. The zero-order chi connectivity index (χ0) is 16.9. The van der Waals surface area contributed by atoms with Crippen LogP contribution in [0.2, 0.25) is 0 Å². The van der Waals surface area contributed by atoms with Crippen LogP contribution in [0.3, 0.4) is 0 Å². The highest BCUT2D eigenvalue weighted by atomic mass is 32.2. The molecule has 2 rings (SSSR count). The molecule has 0 saturated carbocycles. The second-order valence-electron chi connectivity index (χ2n) is 4.51. The van der Waals surface area contributed by atoms with Crippen LogP contribution in [-0.2, 0) is 20.2 Å². The molecule has 0 aliphatic heterocycles. The molecule has 0 spiro atoms. The molecule has 9 nitrogen and oxygen atoms in total. The Bertz CT molecular complexity index is 1010. The Morgan fingerprint density at radius 1 is 0.909 bits per heavy atom. The topological polar surface area (TPSA) is 152 Å². The van der Waals surface area contributed by atoms with E-state index in [0.29, 0.717) is 6.07 Å². The van der Waals surface area contributed by atoms with Crippen LogP contribution in [0.5, 0.6) is 0 Å². The molecule has 22 heavy (non-hydrogen) atoms. The van der Waals surface area contributed by atoms with Crippen molar-refractivity contribution in [2.75, 3.05) is 0 Å². The molecule has 0 saturated heterocycles. The molecule has 0 aliphatic carbocycles. The van der Waals surface area contributed by atoms with Gasteiger partial charge >= 0.3 is 0 Å². The molecule has 0 fully saturated rings. The summed E-state index contributed by atoms with van der Waals surface area (Å²) >= 11 is 0. The van der Waals surface area contributed by atoms with Gasteiger partial charge in [-0.25, -0.2) is 0 Å². The number of non-ortho nitro benzene ring substituents is 1. The van der Waals surface area contributed by atoms with Gasteiger partial charge in [-0.1, -0.05) is 0 Å². The highest BCUT2D eigenvalue weighted by molar-refractivity contribution is 7.86. The van der Waals surface area contributed by atoms with E-state index in [4.69, 9.17) is 0 Å². The molecule has 2 aromatic rings. The van der Waals surface area contributed by atoms with Crippen molar-refractivity contribution in [2.24, 2.45) is 0 Å². The third-order valence-corrected chi connectivity index (χ3v) is 4.68. The van der Waals surface area contributed by atoms with E-state index in [2.05, 4.69) is 0 Å². The Morgan fingerprint density at radius 2 is 1.36 bits per heavy atom. The fourth-order valence-corrected chi connectivity index (χ4v) is 3.55. The Balaban J connectivity index is 3.16. The van der Waals surface area contributed by atoms with Crippen LogP contribution in [0.4, 0.5) is 5.69 Å². The molecule has 2 N–H and O–H groups in total. The van der Waals surface area contributed by atoms with Crippen molar-refractivity contribution in [3.05, 3.63) is 39.9 Å². The smallest absolute Gasteiger partial charge is 0.282 e. The third kappa shape index (κ3) is 2.92. The van der Waals surface area contributed by atoms with Crippen LogP contribution in [-0.4, -0.2) is 30.9 Å². The summed E-state index contributed by atoms with van der Waals surface area (Å²) in [4.78, 5) is 8.43. The molecule has 0 aromatic heterocycles. The molecule has 0 radical (unpaired) electrons. The SMILES string of the molecule is Cc1cc(S(=O)(=O)O)c2cc([N+](=O)[O-])cc(S(=O)(=O)O)c2c1. The van der Waals surface area contributed by atoms with E-state index in [1.54, 1.807) is 0 Å². The number of rotatable bonds is 3. The summed E-state index contributed by atoms with van der Waals surface area (Å²) in [6, 6.07) is 3.70. The zero-order valence-corrected chi connectivity index (χ0v) is 12.6. The van der Waals surface area contributed by atoms with Crippen LogP contribution in [0, 0.1) is 17.0 Å². The summed E-state index contributed by atoms with van der Waals surface area (Å²) in [7, 11) is -9.60. The molecule has 0 heterocycles. The van der Waals surface area contributed by atoms with Crippen molar-refractivity contribution < 1.29 is 30.9 Å². The number of nitrogens with zero attached hydrogens (tertiary/aromatic N) is 1. The van der Waals surface area contributed by atoms with Gasteiger partial charge in [-0.05, 0) is 24.6 Å². The van der Waals surface area contributed by atoms with Crippen LogP contribution >= 0.6 is 0 Å². The van der Waals surface area contributed by atoms with Crippen molar-refractivity contribution in [3.8, 4) is 0 Å². The van der Waals surface area contributed by atoms with Gasteiger partial charge in [-0.15, -0.1) is 0 Å². The van der Waals surface area contributed by atoms with Gasteiger partial charge in [0.2, 0.25) is 0 Å². The van der Waals surface area contributed by atoms with E-state index in [1.807, 2.05) is 0 Å². The van der Waals surface area contributed by atoms with Crippen LogP contribution in [0.25, 0.3) is 10.8 Å². The Labute approximate surface area is 124 Å². The minimum absolute atomic E-state index is 0.249. The first-order valence-electron chi connectivity index (χ1n) is 5.59. The standard InChI is InChI=1S/C11H9NO8S2/c1-6-2-8-9(10(3-6)21(15,16)17)4-7(12(13)14)5-11(8)22(18,19)20/h2-5H,1H3,(H,15,16,17)(H,18,19,20). The Kier molecular flexibility index (Phi) is 3.69. The highest BCUT2D eigenvalue weighted by Gasteiger charge is 2.24. The molecule has 0 bridgehead atoms. The average Bonchev–Trinajstić information content (AvgIpc) is 2.33. The molecule has 0 unspecified atom stereocenters. The Hall–Kier alpha value is -2.08. The van der Waals surface area contributed by atoms with Gasteiger partial charge in [0.05, 0.1) is 4.92 Å². The second-order valence-corrected chi connectivity index (χ2v) is 7.29. The van der Waals surface area contributed by atoms with Crippen molar-refractivity contribution in [1.29, 1.82) is 0 Å². The summed E-state index contributed by atoms with van der Waals surface area (Å²) in [5.74, 6) is 0. The van der Waals surface area contributed by atoms with Gasteiger partial charge in [0.1, 0.15) is 9.79 Å². The van der Waals surface area contributed by atoms with E-state index in [0.717, 1.165) is 12.1 Å². The molecule has 0 atom stereocenters. The molecular weight excluding hydrogens is 338 g/mol. The minimum Gasteiger partial charge on any atom is -0.282 e. The number of hydrogen-bond donors (Lipinski definition) is 2. The van der Waals surface area contributed by atoms with Gasteiger partial charge in [0.15, 0.2) is 0 Å². The van der Waals surface area contributed by atoms with Crippen LogP contribution in [0.1, 0.15) is 5.56 Å². The fourth-order valence-electron chi connectivity index (χ4n) is 2.05. The first kappa shape index (κ1) is 16.3. The number of aryl methyl sites for hydroxylation is 1. The molecule has 11 heteroatoms. The van der Waals surface area contributed by atoms with Gasteiger partial charge in [-0.2, -0.15) is 16.8 Å². The predicted octanol–water partition coefficient (Wildman–Crippen LogP) is 1.55. The Morgan fingerprint density at radius 3 is 1.82 bits per heavy atom. The van der Waals surface area contributed by atoms with E-state index in [-0.39, 0.29) is 16.3 Å². The molecule has 2 aromatic carbocycles. The lowest BCUT2D eigenvalue weighted by Gasteiger charge is -2.09. The molecule has 0 amide bonds. The van der Waals surface area contributed by atoms with Gasteiger partial charge in [0.25, 0.3) is 25.9 Å². The first-order valence-corrected chi connectivity index (χ1v) is 8.47. The normalized spacial score (nSPS) is 12.5. The summed E-state index contributed by atoms with van der Waals surface area (Å²) in [5.41, 5.74) is -0.465. The molecule has 0 aliphatic rings. The third-order valence-electron chi connectivity index (χ3n) is 2.89. The maximum absolute atomic E-state index is 11.4. The van der Waals surface area contributed by atoms with Crippen molar-refractivity contribution >= 4 is 36.7 Å². The zero-order valence-electron chi connectivity index (χ0n) is 10.9. The van der Waals surface area contributed by atoms with Crippen LogP contribution in [0.15, 0.2) is 34.1 Å². The number of nitro benzene ring substituents is 1. The monoisotopic (exact) mass is 347 g/mol. The summed E-state index contributed by atoms with van der Waals surface area (Å²) in [5, 5.41) is 10.2. The summed E-state index contributed by atoms with van der Waals surface area (Å²) in [6.07, 6.45) is 0. The van der Waals surface area contributed by atoms with Crippen molar-refractivity contribution in [1.82, 2.24) is 0 Å². The van der Waals surface area contributed by atoms with Crippen molar-refractivity contribution in [2.45, 2.75) is 16.7 Å². The van der Waals surface area contributed by atoms with E-state index in [9.17, 15) is 36.1 Å². The van der Waals surface area contributed by atoms with Gasteiger partial charge in [-0.3, -0.25) is 19.2 Å². The number of nitro groups is 1. The van der Waals surface area contributed by atoms with Gasteiger partial charge in [0, 0.05) is 22.9 Å². The maximum Gasteiger partial charge on any atom is 0.295 e. The fraction of sp³-hybridized carbons (Fsp3) is 0.0909. The highest BCUT2D eigenvalue weighted by Crippen LogP contribution is 2.33.